The third-order valence-corrected chi connectivity index (χ3v) is 3.67. The van der Waals surface area contributed by atoms with E-state index in [1.807, 2.05) is 6.92 Å². The third kappa shape index (κ3) is 4.24. The number of H-pyrrole nitrogens is 1. The Bertz CT molecular complexity index is 559. The number of aromatic amines is 1. The molecule has 2 rings (SSSR count). The molecule has 108 valence electrons. The molecule has 3 N–H and O–H groups in total. The minimum absolute atomic E-state index is 0.173. The largest absolute Gasteiger partial charge is 0.357 e. The lowest BCUT2D eigenvalue weighted by Crippen LogP contribution is -2.10. The van der Waals surface area contributed by atoms with E-state index in [1.165, 1.54) is 0 Å². The molecule has 0 bridgehead atoms. The van der Waals surface area contributed by atoms with Crippen LogP contribution in [-0.2, 0) is 5.75 Å². The highest BCUT2D eigenvalue weighted by molar-refractivity contribution is 7.98. The summed E-state index contributed by atoms with van der Waals surface area (Å²) in [7, 11) is 1.73. The second-order valence-electron chi connectivity index (χ2n) is 3.96. The Kier molecular flexibility index (Phi) is 5.42. The van der Waals surface area contributed by atoms with Crippen LogP contribution >= 0.6 is 23.4 Å². The van der Waals surface area contributed by atoms with Crippen molar-refractivity contribution in [3.8, 4) is 0 Å². The molecule has 0 aliphatic carbocycles. The van der Waals surface area contributed by atoms with Crippen LogP contribution in [0.3, 0.4) is 0 Å². The number of halogens is 1. The Balaban J connectivity index is 1.73. The Morgan fingerprint density at radius 2 is 2.10 bits per heavy atom. The normalized spacial score (nSPS) is 10.6. The van der Waals surface area contributed by atoms with Crippen molar-refractivity contribution in [1.29, 1.82) is 0 Å². The predicted molar refractivity (Wildman–Crippen MR) is 82.4 cm³/mol. The molecule has 0 aromatic carbocycles. The molecule has 0 unspecified atom stereocenters. The molecule has 9 heteroatoms. The number of rotatable bonds is 7. The summed E-state index contributed by atoms with van der Waals surface area (Å²) in [5.41, 5.74) is 2.21. The molecule has 0 amide bonds. The number of hydrogen-bond acceptors (Lipinski definition) is 7. The van der Waals surface area contributed by atoms with Gasteiger partial charge in [-0.25, -0.2) is 4.98 Å². The Morgan fingerprint density at radius 1 is 1.30 bits per heavy atom. The second kappa shape index (κ2) is 7.30. The van der Waals surface area contributed by atoms with Crippen molar-refractivity contribution in [1.82, 2.24) is 24.9 Å². The quantitative estimate of drug-likeness (QED) is 0.673. The van der Waals surface area contributed by atoms with Crippen molar-refractivity contribution in [2.75, 3.05) is 30.0 Å². The van der Waals surface area contributed by atoms with E-state index in [9.17, 15) is 0 Å². The minimum atomic E-state index is 0.173. The fourth-order valence-corrected chi connectivity index (χ4v) is 2.51. The fraction of sp³-hybridized carbons (Fsp3) is 0.455. The predicted octanol–water partition coefficient (Wildman–Crippen LogP) is 1.94. The third-order valence-electron chi connectivity index (χ3n) is 2.53. The maximum Gasteiger partial charge on any atom is 0.228 e. The van der Waals surface area contributed by atoms with Crippen LogP contribution in [-0.4, -0.2) is 44.3 Å². The molecule has 0 saturated heterocycles. The van der Waals surface area contributed by atoms with Gasteiger partial charge in [-0.3, -0.25) is 0 Å². The minimum Gasteiger partial charge on any atom is -0.357 e. The standard InChI is InChI=1S/C11H16ClN7S/c1-7-8(16-6-15-7)5-20-4-3-14-11-18-9(12)17-10(13-2)19-11/h6H,3-5H2,1-2H3,(H,15,16)(H2,13,14,17,18,19). The number of aromatic nitrogens is 5. The molecule has 2 aromatic heterocycles. The number of nitrogens with zero attached hydrogens (tertiary/aromatic N) is 4. The lowest BCUT2D eigenvalue weighted by atomic mass is 10.4. The summed E-state index contributed by atoms with van der Waals surface area (Å²) in [4.78, 5) is 19.4. The van der Waals surface area contributed by atoms with Gasteiger partial charge < -0.3 is 15.6 Å². The molecule has 0 fully saturated rings. The van der Waals surface area contributed by atoms with E-state index >= 15 is 0 Å². The molecule has 0 spiro atoms. The van der Waals surface area contributed by atoms with Crippen molar-refractivity contribution in [3.63, 3.8) is 0 Å². The molecule has 0 saturated carbocycles. The van der Waals surface area contributed by atoms with E-state index in [0.717, 1.165) is 29.4 Å². The van der Waals surface area contributed by atoms with Crippen molar-refractivity contribution in [2.45, 2.75) is 12.7 Å². The molecule has 0 radical (unpaired) electrons. The van der Waals surface area contributed by atoms with E-state index in [2.05, 4.69) is 35.6 Å². The smallest absolute Gasteiger partial charge is 0.228 e. The first-order valence-corrected chi connectivity index (χ1v) is 7.62. The maximum absolute atomic E-state index is 5.79. The first-order valence-electron chi connectivity index (χ1n) is 6.09. The van der Waals surface area contributed by atoms with E-state index in [1.54, 1.807) is 25.1 Å². The summed E-state index contributed by atoms with van der Waals surface area (Å²) in [5.74, 6) is 2.74. The van der Waals surface area contributed by atoms with Crippen LogP contribution in [0.25, 0.3) is 0 Å². The van der Waals surface area contributed by atoms with E-state index < -0.39 is 0 Å². The average Bonchev–Trinajstić information content (AvgIpc) is 2.83. The zero-order valence-electron chi connectivity index (χ0n) is 11.3. The zero-order valence-corrected chi connectivity index (χ0v) is 12.8. The average molecular weight is 314 g/mol. The summed E-state index contributed by atoms with van der Waals surface area (Å²) >= 11 is 7.59. The first kappa shape index (κ1) is 14.9. The summed E-state index contributed by atoms with van der Waals surface area (Å²) in [6, 6.07) is 0. The number of imidazole rings is 1. The van der Waals surface area contributed by atoms with Crippen molar-refractivity contribution < 1.29 is 0 Å². The van der Waals surface area contributed by atoms with Gasteiger partial charge in [0.1, 0.15) is 0 Å². The molecular formula is C11H16ClN7S. The zero-order chi connectivity index (χ0) is 14.4. The van der Waals surface area contributed by atoms with Gasteiger partial charge in [0.15, 0.2) is 0 Å². The molecule has 0 aliphatic rings. The van der Waals surface area contributed by atoms with Crippen LogP contribution in [0.15, 0.2) is 6.33 Å². The van der Waals surface area contributed by atoms with Gasteiger partial charge in [-0.1, -0.05) is 0 Å². The summed E-state index contributed by atoms with van der Waals surface area (Å²) < 4.78 is 0. The Hall–Kier alpha value is -1.54. The molecule has 2 aromatic rings. The number of aryl methyl sites for hydroxylation is 1. The van der Waals surface area contributed by atoms with Gasteiger partial charge in [0, 0.05) is 30.8 Å². The van der Waals surface area contributed by atoms with Crippen LogP contribution in [0.5, 0.6) is 0 Å². The Morgan fingerprint density at radius 3 is 2.80 bits per heavy atom. The number of anilines is 2. The number of thioether (sulfide) groups is 1. The maximum atomic E-state index is 5.79. The van der Waals surface area contributed by atoms with E-state index in [-0.39, 0.29) is 5.28 Å². The van der Waals surface area contributed by atoms with Crippen molar-refractivity contribution >= 4 is 35.3 Å². The molecule has 2 heterocycles. The number of hydrogen-bond donors (Lipinski definition) is 3. The van der Waals surface area contributed by atoms with Crippen LogP contribution in [0.2, 0.25) is 5.28 Å². The van der Waals surface area contributed by atoms with Gasteiger partial charge in [-0.2, -0.15) is 26.7 Å². The van der Waals surface area contributed by atoms with Crippen LogP contribution in [0, 0.1) is 6.92 Å². The lowest BCUT2D eigenvalue weighted by molar-refractivity contribution is 1.02. The summed E-state index contributed by atoms with van der Waals surface area (Å²) in [5, 5.41) is 6.12. The molecule has 0 aliphatic heterocycles. The molecule has 7 nitrogen and oxygen atoms in total. The van der Waals surface area contributed by atoms with Gasteiger partial charge in [-0.05, 0) is 18.5 Å². The van der Waals surface area contributed by atoms with Gasteiger partial charge in [-0.15, -0.1) is 0 Å². The van der Waals surface area contributed by atoms with Gasteiger partial charge in [0.25, 0.3) is 0 Å². The molecular weight excluding hydrogens is 298 g/mol. The van der Waals surface area contributed by atoms with E-state index in [4.69, 9.17) is 11.6 Å². The fourth-order valence-electron chi connectivity index (χ4n) is 1.48. The van der Waals surface area contributed by atoms with Crippen molar-refractivity contribution in [3.05, 3.63) is 23.0 Å². The second-order valence-corrected chi connectivity index (χ2v) is 5.40. The van der Waals surface area contributed by atoms with Gasteiger partial charge in [0.05, 0.1) is 12.0 Å². The highest BCUT2D eigenvalue weighted by Crippen LogP contribution is 2.13. The summed E-state index contributed by atoms with van der Waals surface area (Å²) in [6.45, 7) is 2.77. The topological polar surface area (TPSA) is 91.4 Å². The Labute approximate surface area is 126 Å². The molecule has 0 atom stereocenters. The molecule has 20 heavy (non-hydrogen) atoms. The van der Waals surface area contributed by atoms with Crippen molar-refractivity contribution in [2.24, 2.45) is 0 Å². The highest BCUT2D eigenvalue weighted by Gasteiger charge is 2.04. The monoisotopic (exact) mass is 313 g/mol. The van der Waals surface area contributed by atoms with Crippen LogP contribution in [0.1, 0.15) is 11.4 Å². The number of nitrogens with one attached hydrogen (secondary N) is 3. The van der Waals surface area contributed by atoms with Gasteiger partial charge >= 0.3 is 0 Å². The highest BCUT2D eigenvalue weighted by atomic mass is 35.5. The van der Waals surface area contributed by atoms with Crippen LogP contribution < -0.4 is 10.6 Å². The summed E-state index contributed by atoms with van der Waals surface area (Å²) in [6.07, 6.45) is 1.72. The SMILES string of the molecule is CNc1nc(Cl)nc(NCCSCc2nc[nH]c2C)n1. The van der Waals surface area contributed by atoms with E-state index in [0.29, 0.717) is 11.9 Å². The first-order chi connectivity index (χ1) is 9.69. The van der Waals surface area contributed by atoms with Gasteiger partial charge in [0.2, 0.25) is 17.2 Å². The lowest BCUT2D eigenvalue weighted by Gasteiger charge is -2.06. The van der Waals surface area contributed by atoms with Crippen LogP contribution in [0.4, 0.5) is 11.9 Å².